The van der Waals surface area contributed by atoms with Crippen molar-refractivity contribution in [3.05, 3.63) is 0 Å². The van der Waals surface area contributed by atoms with Gasteiger partial charge in [0.1, 0.15) is 11.4 Å². The van der Waals surface area contributed by atoms with Crippen LogP contribution in [0.2, 0.25) is 0 Å². The van der Waals surface area contributed by atoms with Gasteiger partial charge in [-0.2, -0.15) is 0 Å². The molecule has 3 nitrogen and oxygen atoms in total. The normalized spacial score (nSPS) is 46.8. The van der Waals surface area contributed by atoms with Crippen molar-refractivity contribution in [2.45, 2.75) is 129 Å². The Balaban J connectivity index is 1.26. The highest BCUT2D eigenvalue weighted by molar-refractivity contribution is 5.79. The van der Waals surface area contributed by atoms with Crippen LogP contribution in [0.3, 0.4) is 0 Å². The van der Waals surface area contributed by atoms with Crippen LogP contribution in [0.25, 0.3) is 0 Å². The van der Waals surface area contributed by atoms with Crippen molar-refractivity contribution in [1.82, 2.24) is 0 Å². The fraction of sp³-hybridized carbons (Fsp3) is 0.931. The largest absolute Gasteiger partial charge is 0.459 e. The fourth-order valence-corrected chi connectivity index (χ4v) is 9.54. The van der Waals surface area contributed by atoms with Crippen LogP contribution < -0.4 is 0 Å². The van der Waals surface area contributed by atoms with E-state index < -0.39 is 0 Å². The summed E-state index contributed by atoms with van der Waals surface area (Å²) >= 11 is 0. The molecule has 5 aliphatic carbocycles. The molecule has 0 saturated heterocycles. The predicted molar refractivity (Wildman–Crippen MR) is 127 cm³/mol. The minimum absolute atomic E-state index is 0.0588. The first-order chi connectivity index (χ1) is 15.3. The van der Waals surface area contributed by atoms with E-state index in [-0.39, 0.29) is 17.0 Å². The second-order valence-corrected chi connectivity index (χ2v) is 13.1. The summed E-state index contributed by atoms with van der Waals surface area (Å²) in [6, 6.07) is 0. The SMILES string of the molecule is C[C@]12CCC(=O)CC1CC[C@@H]1[C@@H]2CC[C@@]2(C)[C@H]1CC[C@]2(C)OC(=O)CCC1CCCCC1. The minimum atomic E-state index is -0.299. The van der Waals surface area contributed by atoms with Gasteiger partial charge in [-0.1, -0.05) is 46.0 Å². The summed E-state index contributed by atoms with van der Waals surface area (Å²) in [6.07, 6.45) is 18.2. The summed E-state index contributed by atoms with van der Waals surface area (Å²) in [7, 11) is 0. The van der Waals surface area contributed by atoms with Gasteiger partial charge < -0.3 is 4.74 Å². The summed E-state index contributed by atoms with van der Waals surface area (Å²) in [6.45, 7) is 7.23. The molecular formula is C29H46O3. The highest BCUT2D eigenvalue weighted by Gasteiger charge is 2.64. The van der Waals surface area contributed by atoms with Gasteiger partial charge >= 0.3 is 5.97 Å². The Morgan fingerprint density at radius 1 is 0.906 bits per heavy atom. The second-order valence-electron chi connectivity index (χ2n) is 13.1. The first kappa shape index (κ1) is 22.9. The van der Waals surface area contributed by atoms with Crippen molar-refractivity contribution in [3.63, 3.8) is 0 Å². The third kappa shape index (κ3) is 3.68. The highest BCUT2D eigenvalue weighted by atomic mass is 16.6. The molecule has 0 aromatic carbocycles. The zero-order valence-corrected chi connectivity index (χ0v) is 20.9. The van der Waals surface area contributed by atoms with Gasteiger partial charge in [0.25, 0.3) is 0 Å². The number of hydrogen-bond acceptors (Lipinski definition) is 3. The monoisotopic (exact) mass is 442 g/mol. The van der Waals surface area contributed by atoms with Crippen LogP contribution in [-0.2, 0) is 14.3 Å². The fourth-order valence-electron chi connectivity index (χ4n) is 9.54. The molecule has 0 radical (unpaired) electrons. The molecule has 5 fully saturated rings. The number of Topliss-reactive ketones (excluding diaryl/α,β-unsaturated/α-hetero) is 1. The lowest BCUT2D eigenvalue weighted by atomic mass is 9.44. The molecule has 0 aliphatic heterocycles. The Hall–Kier alpha value is -0.860. The van der Waals surface area contributed by atoms with Crippen molar-refractivity contribution >= 4 is 11.8 Å². The Morgan fingerprint density at radius 3 is 2.44 bits per heavy atom. The van der Waals surface area contributed by atoms with Gasteiger partial charge in [0, 0.05) is 24.7 Å². The van der Waals surface area contributed by atoms with E-state index in [1.54, 1.807) is 0 Å². The molecule has 0 bridgehead atoms. The number of ketones is 1. The van der Waals surface area contributed by atoms with E-state index in [4.69, 9.17) is 4.74 Å². The average Bonchev–Trinajstić information content (AvgIpc) is 3.04. The number of hydrogen-bond donors (Lipinski definition) is 0. The van der Waals surface area contributed by atoms with Crippen molar-refractivity contribution in [1.29, 1.82) is 0 Å². The molecule has 7 atom stereocenters. The van der Waals surface area contributed by atoms with Crippen molar-refractivity contribution in [3.8, 4) is 0 Å². The molecular weight excluding hydrogens is 396 g/mol. The topological polar surface area (TPSA) is 43.4 Å². The molecule has 180 valence electrons. The Labute approximate surface area is 195 Å². The molecule has 0 heterocycles. The Bertz CT molecular complexity index is 739. The molecule has 32 heavy (non-hydrogen) atoms. The van der Waals surface area contributed by atoms with E-state index in [9.17, 15) is 9.59 Å². The van der Waals surface area contributed by atoms with Crippen molar-refractivity contribution in [2.24, 2.45) is 40.4 Å². The summed E-state index contributed by atoms with van der Waals surface area (Å²) in [4.78, 5) is 25.1. The van der Waals surface area contributed by atoms with E-state index in [0.29, 0.717) is 29.5 Å². The van der Waals surface area contributed by atoms with Gasteiger partial charge in [-0.15, -0.1) is 0 Å². The molecule has 0 N–H and O–H groups in total. The smallest absolute Gasteiger partial charge is 0.306 e. The van der Waals surface area contributed by atoms with Gasteiger partial charge in [0.2, 0.25) is 0 Å². The molecule has 0 spiro atoms. The van der Waals surface area contributed by atoms with E-state index >= 15 is 0 Å². The van der Waals surface area contributed by atoms with Crippen LogP contribution in [-0.4, -0.2) is 17.4 Å². The van der Waals surface area contributed by atoms with E-state index in [0.717, 1.165) is 49.9 Å². The third-order valence-electron chi connectivity index (χ3n) is 11.8. The first-order valence-corrected chi connectivity index (χ1v) is 14.0. The summed E-state index contributed by atoms with van der Waals surface area (Å²) in [5.74, 6) is 4.10. The number of ether oxygens (including phenoxy) is 1. The Morgan fingerprint density at radius 2 is 1.66 bits per heavy atom. The summed E-state index contributed by atoms with van der Waals surface area (Å²) in [5.41, 5.74) is 0.169. The van der Waals surface area contributed by atoms with Crippen LogP contribution in [0.1, 0.15) is 124 Å². The van der Waals surface area contributed by atoms with Gasteiger partial charge in [-0.3, -0.25) is 9.59 Å². The van der Waals surface area contributed by atoms with Crippen LogP contribution >= 0.6 is 0 Å². The maximum absolute atomic E-state index is 13.0. The van der Waals surface area contributed by atoms with Gasteiger partial charge in [-0.25, -0.2) is 0 Å². The van der Waals surface area contributed by atoms with Gasteiger partial charge in [-0.05, 0) is 93.3 Å². The number of carbonyl (C=O) groups excluding carboxylic acids is 2. The van der Waals surface area contributed by atoms with E-state index in [2.05, 4.69) is 20.8 Å². The molecule has 0 aromatic heterocycles. The zero-order chi connectivity index (χ0) is 22.6. The molecule has 3 heteroatoms. The number of fused-ring (bicyclic) bond motifs is 5. The summed E-state index contributed by atoms with van der Waals surface area (Å²) in [5, 5.41) is 0. The second kappa shape index (κ2) is 8.42. The lowest BCUT2D eigenvalue weighted by molar-refractivity contribution is -0.185. The molecule has 5 aliphatic rings. The third-order valence-corrected chi connectivity index (χ3v) is 11.8. The first-order valence-electron chi connectivity index (χ1n) is 14.0. The predicted octanol–water partition coefficient (Wildman–Crippen LogP) is 7.26. The van der Waals surface area contributed by atoms with Crippen molar-refractivity contribution < 1.29 is 14.3 Å². The lowest BCUT2D eigenvalue weighted by Gasteiger charge is -2.61. The van der Waals surface area contributed by atoms with E-state index in [1.165, 1.54) is 64.2 Å². The van der Waals surface area contributed by atoms with Crippen LogP contribution in [0.5, 0.6) is 0 Å². The average molecular weight is 443 g/mol. The maximum Gasteiger partial charge on any atom is 0.306 e. The number of rotatable bonds is 4. The summed E-state index contributed by atoms with van der Waals surface area (Å²) < 4.78 is 6.40. The van der Waals surface area contributed by atoms with E-state index in [1.807, 2.05) is 0 Å². The van der Waals surface area contributed by atoms with Crippen molar-refractivity contribution in [2.75, 3.05) is 0 Å². The Kier molecular flexibility index (Phi) is 6.03. The van der Waals surface area contributed by atoms with Crippen LogP contribution in [0, 0.1) is 40.4 Å². The van der Waals surface area contributed by atoms with Gasteiger partial charge in [0.15, 0.2) is 0 Å². The molecule has 5 rings (SSSR count). The molecule has 0 amide bonds. The maximum atomic E-state index is 13.0. The number of carbonyl (C=O) groups is 2. The highest BCUT2D eigenvalue weighted by Crippen LogP contribution is 2.68. The van der Waals surface area contributed by atoms with Crippen LogP contribution in [0.4, 0.5) is 0 Å². The molecule has 1 unspecified atom stereocenters. The van der Waals surface area contributed by atoms with Crippen LogP contribution in [0.15, 0.2) is 0 Å². The van der Waals surface area contributed by atoms with Gasteiger partial charge in [0.05, 0.1) is 0 Å². The quantitative estimate of drug-likeness (QED) is 0.430. The standard InChI is InChI=1S/C29H46O3/c1-27-16-13-22(30)19-21(27)10-11-23-24(27)14-17-28(2)25(23)15-18-29(28,3)32-26(31)12-9-20-7-5-4-6-8-20/h20-21,23-25H,4-19H2,1-3H3/t21?,23-,24+,25+,27+,28+,29+/m1/s1. The molecule has 5 saturated carbocycles. The lowest BCUT2D eigenvalue weighted by Crippen LogP contribution is -2.56. The number of esters is 1. The molecule has 0 aromatic rings. The minimum Gasteiger partial charge on any atom is -0.459 e. The zero-order valence-electron chi connectivity index (χ0n) is 20.9.